The van der Waals surface area contributed by atoms with Gasteiger partial charge in [0.15, 0.2) is 5.96 Å². The third kappa shape index (κ3) is 3.13. The van der Waals surface area contributed by atoms with Crippen molar-refractivity contribution in [3.05, 3.63) is 72.1 Å². The average molecular weight is 332 g/mol. The zero-order valence-corrected chi connectivity index (χ0v) is 14.1. The van der Waals surface area contributed by atoms with Crippen LogP contribution >= 0.6 is 0 Å². The number of anilines is 1. The van der Waals surface area contributed by atoms with E-state index in [1.54, 1.807) is 6.26 Å². The number of aliphatic imine (C=N–C) groups is 1. The van der Waals surface area contributed by atoms with E-state index in [2.05, 4.69) is 44.5 Å². The Morgan fingerprint density at radius 2 is 1.96 bits per heavy atom. The van der Waals surface area contributed by atoms with Gasteiger partial charge in [0.1, 0.15) is 6.26 Å². The highest BCUT2D eigenvalue weighted by atomic mass is 16.3. The van der Waals surface area contributed by atoms with Crippen molar-refractivity contribution in [2.24, 2.45) is 4.99 Å². The molecule has 126 valence electrons. The quantitative estimate of drug-likeness (QED) is 0.589. The van der Waals surface area contributed by atoms with E-state index in [1.807, 2.05) is 37.4 Å². The summed E-state index contributed by atoms with van der Waals surface area (Å²) in [6.07, 6.45) is 2.74. The van der Waals surface area contributed by atoms with Crippen molar-refractivity contribution >= 4 is 11.6 Å². The summed E-state index contributed by atoms with van der Waals surface area (Å²) < 4.78 is 5.59. The number of guanidine groups is 1. The summed E-state index contributed by atoms with van der Waals surface area (Å²) in [5.74, 6) is 1.49. The van der Waals surface area contributed by atoms with Crippen molar-refractivity contribution in [2.75, 3.05) is 18.5 Å². The second kappa shape index (κ2) is 6.81. The highest BCUT2D eigenvalue weighted by Crippen LogP contribution is 2.27. The molecule has 0 saturated heterocycles. The van der Waals surface area contributed by atoms with Gasteiger partial charge >= 0.3 is 0 Å². The minimum atomic E-state index is 0.571. The van der Waals surface area contributed by atoms with Crippen molar-refractivity contribution in [1.82, 2.24) is 10.3 Å². The van der Waals surface area contributed by atoms with Gasteiger partial charge in [0.2, 0.25) is 5.89 Å². The standard InChI is InChI=1S/C20H20N4O/c1-21-20(24-12-11-15-7-5-6-10-18(15)24)22-13-17-14-25-19(23-17)16-8-3-2-4-9-16/h2-10,14H,11-13H2,1H3,(H,21,22). The van der Waals surface area contributed by atoms with E-state index in [9.17, 15) is 0 Å². The van der Waals surface area contributed by atoms with Gasteiger partial charge in [-0.05, 0) is 30.2 Å². The minimum absolute atomic E-state index is 0.571. The first kappa shape index (κ1) is 15.4. The lowest BCUT2D eigenvalue weighted by Gasteiger charge is -2.21. The summed E-state index contributed by atoms with van der Waals surface area (Å²) in [4.78, 5) is 11.2. The third-order valence-corrected chi connectivity index (χ3v) is 4.35. The van der Waals surface area contributed by atoms with Gasteiger partial charge in [0, 0.05) is 24.8 Å². The second-order valence-electron chi connectivity index (χ2n) is 5.94. The molecule has 5 nitrogen and oxygen atoms in total. The van der Waals surface area contributed by atoms with Crippen LogP contribution in [0.2, 0.25) is 0 Å². The molecule has 0 bridgehead atoms. The fourth-order valence-electron chi connectivity index (χ4n) is 3.12. The first-order valence-electron chi connectivity index (χ1n) is 8.41. The minimum Gasteiger partial charge on any atom is -0.444 e. The Labute approximate surface area is 147 Å². The Morgan fingerprint density at radius 3 is 2.80 bits per heavy atom. The molecular formula is C20H20N4O. The number of aromatic nitrogens is 1. The van der Waals surface area contributed by atoms with Gasteiger partial charge in [-0.2, -0.15) is 0 Å². The molecule has 0 saturated carbocycles. The van der Waals surface area contributed by atoms with Crippen LogP contribution in [0.15, 0.2) is 70.3 Å². The Balaban J connectivity index is 1.45. The summed E-state index contributed by atoms with van der Waals surface area (Å²) >= 11 is 0. The van der Waals surface area contributed by atoms with Gasteiger partial charge in [0.05, 0.1) is 12.2 Å². The fourth-order valence-corrected chi connectivity index (χ4v) is 3.12. The van der Waals surface area contributed by atoms with E-state index in [0.717, 1.165) is 30.2 Å². The van der Waals surface area contributed by atoms with Gasteiger partial charge in [-0.25, -0.2) is 4.98 Å². The highest BCUT2D eigenvalue weighted by molar-refractivity contribution is 5.97. The molecule has 3 aromatic rings. The second-order valence-corrected chi connectivity index (χ2v) is 5.94. The summed E-state index contributed by atoms with van der Waals surface area (Å²) in [5.41, 5.74) is 4.41. The van der Waals surface area contributed by atoms with Crippen molar-refractivity contribution in [3.8, 4) is 11.5 Å². The molecule has 0 fully saturated rings. The fraction of sp³-hybridized carbons (Fsp3) is 0.200. The van der Waals surface area contributed by atoms with E-state index in [-0.39, 0.29) is 0 Å². The number of fused-ring (bicyclic) bond motifs is 1. The van der Waals surface area contributed by atoms with Crippen LogP contribution in [0.4, 0.5) is 5.69 Å². The lowest BCUT2D eigenvalue weighted by Crippen LogP contribution is -2.40. The lowest BCUT2D eigenvalue weighted by atomic mass is 10.2. The maximum absolute atomic E-state index is 5.59. The number of benzene rings is 2. The molecule has 0 atom stereocenters. The van der Waals surface area contributed by atoms with E-state index in [0.29, 0.717) is 12.4 Å². The Bertz CT molecular complexity index is 885. The predicted octanol–water partition coefficient (Wildman–Crippen LogP) is 3.48. The number of hydrogen-bond donors (Lipinski definition) is 1. The molecule has 1 N–H and O–H groups in total. The van der Waals surface area contributed by atoms with E-state index >= 15 is 0 Å². The van der Waals surface area contributed by atoms with Crippen LogP contribution in [0.1, 0.15) is 11.3 Å². The zero-order valence-electron chi connectivity index (χ0n) is 14.1. The van der Waals surface area contributed by atoms with Crippen LogP contribution in [-0.2, 0) is 13.0 Å². The molecule has 1 aliphatic heterocycles. The molecule has 2 aromatic carbocycles. The summed E-state index contributed by atoms with van der Waals surface area (Å²) in [6.45, 7) is 1.51. The normalized spacial score (nSPS) is 13.8. The monoisotopic (exact) mass is 332 g/mol. The predicted molar refractivity (Wildman–Crippen MR) is 99.6 cm³/mol. The van der Waals surface area contributed by atoms with Gasteiger partial charge in [0.25, 0.3) is 0 Å². The molecule has 25 heavy (non-hydrogen) atoms. The summed E-state index contributed by atoms with van der Waals surface area (Å²) in [6, 6.07) is 18.4. The molecule has 0 aliphatic carbocycles. The van der Waals surface area contributed by atoms with E-state index in [4.69, 9.17) is 4.42 Å². The van der Waals surface area contributed by atoms with Crippen LogP contribution in [0.5, 0.6) is 0 Å². The Morgan fingerprint density at radius 1 is 1.16 bits per heavy atom. The number of hydrogen-bond acceptors (Lipinski definition) is 3. The smallest absolute Gasteiger partial charge is 0.226 e. The van der Waals surface area contributed by atoms with Crippen LogP contribution < -0.4 is 10.2 Å². The number of rotatable bonds is 3. The van der Waals surface area contributed by atoms with Crippen molar-refractivity contribution in [3.63, 3.8) is 0 Å². The first-order valence-corrected chi connectivity index (χ1v) is 8.41. The Hall–Kier alpha value is -3.08. The molecule has 5 heteroatoms. The molecule has 0 radical (unpaired) electrons. The maximum atomic E-state index is 5.59. The molecule has 0 amide bonds. The van der Waals surface area contributed by atoms with Crippen LogP contribution in [-0.4, -0.2) is 24.5 Å². The number of oxazole rings is 1. The van der Waals surface area contributed by atoms with Crippen molar-refractivity contribution < 1.29 is 4.42 Å². The Kier molecular flexibility index (Phi) is 4.21. The molecule has 1 aromatic heterocycles. The number of nitrogens with one attached hydrogen (secondary N) is 1. The molecule has 2 heterocycles. The SMILES string of the molecule is CN=C(NCc1coc(-c2ccccc2)n1)N1CCc2ccccc21. The summed E-state index contributed by atoms with van der Waals surface area (Å²) in [5, 5.41) is 3.39. The molecule has 1 aliphatic rings. The van der Waals surface area contributed by atoms with Gasteiger partial charge < -0.3 is 14.6 Å². The molecule has 0 unspecified atom stereocenters. The van der Waals surface area contributed by atoms with E-state index in [1.165, 1.54) is 11.3 Å². The number of nitrogens with zero attached hydrogens (tertiary/aromatic N) is 3. The van der Waals surface area contributed by atoms with Crippen molar-refractivity contribution in [1.29, 1.82) is 0 Å². The van der Waals surface area contributed by atoms with Gasteiger partial charge in [-0.3, -0.25) is 4.99 Å². The van der Waals surface area contributed by atoms with Crippen LogP contribution in [0.25, 0.3) is 11.5 Å². The molecule has 0 spiro atoms. The van der Waals surface area contributed by atoms with Gasteiger partial charge in [-0.1, -0.05) is 36.4 Å². The van der Waals surface area contributed by atoms with Gasteiger partial charge in [-0.15, -0.1) is 0 Å². The average Bonchev–Trinajstić information content (AvgIpc) is 3.31. The highest BCUT2D eigenvalue weighted by Gasteiger charge is 2.22. The topological polar surface area (TPSA) is 53.7 Å². The van der Waals surface area contributed by atoms with Crippen LogP contribution in [0, 0.1) is 0 Å². The maximum Gasteiger partial charge on any atom is 0.226 e. The summed E-state index contributed by atoms with van der Waals surface area (Å²) in [7, 11) is 1.81. The first-order chi connectivity index (χ1) is 12.3. The number of para-hydroxylation sites is 1. The van der Waals surface area contributed by atoms with Crippen molar-refractivity contribution in [2.45, 2.75) is 13.0 Å². The third-order valence-electron chi connectivity index (χ3n) is 4.35. The molecular weight excluding hydrogens is 312 g/mol. The molecule has 4 rings (SSSR count). The van der Waals surface area contributed by atoms with E-state index < -0.39 is 0 Å². The largest absolute Gasteiger partial charge is 0.444 e. The zero-order chi connectivity index (χ0) is 17.1. The van der Waals surface area contributed by atoms with Crippen LogP contribution in [0.3, 0.4) is 0 Å². The lowest BCUT2D eigenvalue weighted by molar-refractivity contribution is 0.572.